The van der Waals surface area contributed by atoms with Gasteiger partial charge in [-0.05, 0) is 49.7 Å². The Kier molecular flexibility index (Phi) is 3.56. The van der Waals surface area contributed by atoms with Crippen LogP contribution < -0.4 is 0 Å². The van der Waals surface area contributed by atoms with E-state index in [1.165, 1.54) is 5.56 Å². The van der Waals surface area contributed by atoms with Crippen LogP contribution in [-0.4, -0.2) is 14.5 Å². The Balaban J connectivity index is 1.77. The SMILES string of the molecule is Cc1nccc2c1nc(-c1ccc(C)c3c1oc1ccccc13)n2-c1ccccc1. The van der Waals surface area contributed by atoms with Crippen LogP contribution >= 0.6 is 0 Å². The second-order valence-corrected chi connectivity index (χ2v) is 7.60. The summed E-state index contributed by atoms with van der Waals surface area (Å²) in [5.74, 6) is 0.858. The number of hydrogen-bond donors (Lipinski definition) is 0. The van der Waals surface area contributed by atoms with Crippen LogP contribution in [0.4, 0.5) is 0 Å². The molecule has 6 aromatic rings. The van der Waals surface area contributed by atoms with Crippen molar-refractivity contribution in [3.8, 4) is 17.1 Å². The summed E-state index contributed by atoms with van der Waals surface area (Å²) in [7, 11) is 0. The summed E-state index contributed by atoms with van der Waals surface area (Å²) in [6.07, 6.45) is 1.84. The van der Waals surface area contributed by atoms with Crippen LogP contribution in [0.1, 0.15) is 11.3 Å². The molecule has 6 rings (SSSR count). The molecule has 0 amide bonds. The molecule has 30 heavy (non-hydrogen) atoms. The van der Waals surface area contributed by atoms with E-state index in [1.807, 2.05) is 49.5 Å². The van der Waals surface area contributed by atoms with Gasteiger partial charge in [0.25, 0.3) is 0 Å². The fourth-order valence-corrected chi connectivity index (χ4v) is 4.32. The first-order chi connectivity index (χ1) is 14.7. The Bertz CT molecular complexity index is 1560. The van der Waals surface area contributed by atoms with Crippen LogP contribution in [-0.2, 0) is 0 Å². The number of aryl methyl sites for hydroxylation is 2. The smallest absolute Gasteiger partial charge is 0.149 e. The number of para-hydroxylation sites is 2. The molecule has 0 saturated heterocycles. The monoisotopic (exact) mass is 389 g/mol. The number of hydrogen-bond acceptors (Lipinski definition) is 3. The minimum absolute atomic E-state index is 0.858. The van der Waals surface area contributed by atoms with Crippen molar-refractivity contribution in [1.29, 1.82) is 0 Å². The van der Waals surface area contributed by atoms with Crippen LogP contribution in [0.2, 0.25) is 0 Å². The predicted octanol–water partition coefficient (Wildman–Crippen LogP) is 6.60. The van der Waals surface area contributed by atoms with Crippen molar-refractivity contribution in [3.05, 3.63) is 90.3 Å². The number of benzene rings is 3. The highest BCUT2D eigenvalue weighted by atomic mass is 16.3. The van der Waals surface area contributed by atoms with Crippen LogP contribution in [0.3, 0.4) is 0 Å². The lowest BCUT2D eigenvalue weighted by molar-refractivity contribution is 0.669. The zero-order valence-electron chi connectivity index (χ0n) is 16.8. The molecule has 0 unspecified atom stereocenters. The van der Waals surface area contributed by atoms with E-state index in [0.29, 0.717) is 0 Å². The normalized spacial score (nSPS) is 11.7. The van der Waals surface area contributed by atoms with Gasteiger partial charge in [-0.1, -0.05) is 42.5 Å². The fraction of sp³-hybridized carbons (Fsp3) is 0.0769. The van der Waals surface area contributed by atoms with E-state index in [4.69, 9.17) is 9.40 Å². The standard InChI is InChI=1S/C26H19N3O/c1-16-12-13-20(25-23(16)19-10-6-7-11-22(19)30-25)26-28-24-17(2)27-15-14-21(24)29(26)18-8-4-3-5-9-18/h3-15H,1-2H3. The number of pyridine rings is 1. The number of furan rings is 1. The zero-order chi connectivity index (χ0) is 20.2. The van der Waals surface area contributed by atoms with Crippen molar-refractivity contribution in [1.82, 2.24) is 14.5 Å². The number of aromatic nitrogens is 3. The second kappa shape index (κ2) is 6.29. The summed E-state index contributed by atoms with van der Waals surface area (Å²) in [6.45, 7) is 4.13. The van der Waals surface area contributed by atoms with Gasteiger partial charge in [0.15, 0.2) is 0 Å². The molecule has 4 nitrogen and oxygen atoms in total. The van der Waals surface area contributed by atoms with Gasteiger partial charge < -0.3 is 4.42 Å². The maximum atomic E-state index is 6.37. The van der Waals surface area contributed by atoms with Crippen molar-refractivity contribution in [2.75, 3.05) is 0 Å². The van der Waals surface area contributed by atoms with Crippen LogP contribution in [0.5, 0.6) is 0 Å². The molecule has 0 atom stereocenters. The summed E-state index contributed by atoms with van der Waals surface area (Å²) in [6, 6.07) is 24.8. The third-order valence-electron chi connectivity index (χ3n) is 5.75. The van der Waals surface area contributed by atoms with E-state index < -0.39 is 0 Å². The molecule has 3 aromatic heterocycles. The quantitative estimate of drug-likeness (QED) is 0.335. The Morgan fingerprint density at radius 3 is 2.50 bits per heavy atom. The Morgan fingerprint density at radius 2 is 1.63 bits per heavy atom. The van der Waals surface area contributed by atoms with Gasteiger partial charge in [-0.15, -0.1) is 0 Å². The van der Waals surface area contributed by atoms with Gasteiger partial charge in [-0.2, -0.15) is 0 Å². The Hall–Kier alpha value is -3.92. The summed E-state index contributed by atoms with van der Waals surface area (Å²) in [5.41, 5.74) is 7.85. The molecule has 0 aliphatic rings. The molecule has 144 valence electrons. The van der Waals surface area contributed by atoms with Gasteiger partial charge >= 0.3 is 0 Å². The molecule has 0 bridgehead atoms. The van der Waals surface area contributed by atoms with E-state index in [9.17, 15) is 0 Å². The van der Waals surface area contributed by atoms with Crippen molar-refractivity contribution >= 4 is 33.0 Å². The average Bonchev–Trinajstić information content (AvgIpc) is 3.35. The maximum absolute atomic E-state index is 6.37. The predicted molar refractivity (Wildman–Crippen MR) is 121 cm³/mol. The lowest BCUT2D eigenvalue weighted by Gasteiger charge is -2.10. The van der Waals surface area contributed by atoms with Crippen molar-refractivity contribution in [3.63, 3.8) is 0 Å². The summed E-state index contributed by atoms with van der Waals surface area (Å²) >= 11 is 0. The molecule has 0 aliphatic heterocycles. The van der Waals surface area contributed by atoms with Gasteiger partial charge in [0.1, 0.15) is 22.5 Å². The highest BCUT2D eigenvalue weighted by Gasteiger charge is 2.21. The second-order valence-electron chi connectivity index (χ2n) is 7.60. The first kappa shape index (κ1) is 17.0. The molecular formula is C26H19N3O. The van der Waals surface area contributed by atoms with Crippen LogP contribution in [0.15, 0.2) is 83.4 Å². The number of fused-ring (bicyclic) bond motifs is 4. The third kappa shape index (κ3) is 2.34. The molecule has 3 aromatic carbocycles. The molecule has 0 saturated carbocycles. The van der Waals surface area contributed by atoms with Crippen molar-refractivity contribution < 1.29 is 4.42 Å². The van der Waals surface area contributed by atoms with E-state index in [1.54, 1.807) is 0 Å². The molecule has 3 heterocycles. The van der Waals surface area contributed by atoms with E-state index in [0.717, 1.165) is 55.7 Å². The van der Waals surface area contributed by atoms with E-state index in [2.05, 4.69) is 52.9 Å². The molecule has 0 spiro atoms. The third-order valence-corrected chi connectivity index (χ3v) is 5.75. The van der Waals surface area contributed by atoms with E-state index in [-0.39, 0.29) is 0 Å². The molecule has 4 heteroatoms. The van der Waals surface area contributed by atoms with Gasteiger partial charge in [-0.3, -0.25) is 9.55 Å². The van der Waals surface area contributed by atoms with Crippen LogP contribution in [0, 0.1) is 13.8 Å². The highest BCUT2D eigenvalue weighted by Crippen LogP contribution is 2.39. The first-order valence-corrected chi connectivity index (χ1v) is 10.0. The maximum Gasteiger partial charge on any atom is 0.149 e. The Morgan fingerprint density at radius 1 is 0.833 bits per heavy atom. The summed E-state index contributed by atoms with van der Waals surface area (Å²) < 4.78 is 8.56. The lowest BCUT2D eigenvalue weighted by Crippen LogP contribution is -1.98. The molecule has 0 radical (unpaired) electrons. The molecule has 0 fully saturated rings. The molecule has 0 aliphatic carbocycles. The molecule has 0 N–H and O–H groups in total. The lowest BCUT2D eigenvalue weighted by atomic mass is 10.0. The van der Waals surface area contributed by atoms with Crippen LogP contribution in [0.25, 0.3) is 50.0 Å². The van der Waals surface area contributed by atoms with Crippen molar-refractivity contribution in [2.24, 2.45) is 0 Å². The fourth-order valence-electron chi connectivity index (χ4n) is 4.32. The first-order valence-electron chi connectivity index (χ1n) is 10.0. The van der Waals surface area contributed by atoms with E-state index >= 15 is 0 Å². The number of imidazole rings is 1. The van der Waals surface area contributed by atoms with Crippen molar-refractivity contribution in [2.45, 2.75) is 13.8 Å². The Labute approximate surface area is 173 Å². The summed E-state index contributed by atoms with van der Waals surface area (Å²) in [4.78, 5) is 9.51. The van der Waals surface area contributed by atoms with Gasteiger partial charge in [0, 0.05) is 22.7 Å². The van der Waals surface area contributed by atoms with Gasteiger partial charge in [0.2, 0.25) is 0 Å². The minimum Gasteiger partial charge on any atom is -0.455 e. The van der Waals surface area contributed by atoms with Gasteiger partial charge in [-0.25, -0.2) is 4.98 Å². The average molecular weight is 389 g/mol. The molecular weight excluding hydrogens is 370 g/mol. The van der Waals surface area contributed by atoms with Gasteiger partial charge in [0.05, 0.1) is 16.8 Å². The number of rotatable bonds is 2. The highest BCUT2D eigenvalue weighted by molar-refractivity contribution is 6.11. The zero-order valence-corrected chi connectivity index (χ0v) is 16.8. The summed E-state index contributed by atoms with van der Waals surface area (Å²) in [5, 5.41) is 2.27. The minimum atomic E-state index is 0.858. The number of nitrogens with zero attached hydrogens (tertiary/aromatic N) is 3. The largest absolute Gasteiger partial charge is 0.455 e. The topological polar surface area (TPSA) is 43.9 Å².